The first-order chi connectivity index (χ1) is 13.7. The molecule has 0 spiro atoms. The summed E-state index contributed by atoms with van der Waals surface area (Å²) in [5, 5.41) is 20.3. The molecule has 1 fully saturated rings. The Morgan fingerprint density at radius 1 is 0.679 bits per heavy atom. The number of aliphatic hydroxyl groups is 2. The van der Waals surface area contributed by atoms with Crippen molar-refractivity contribution in [2.75, 3.05) is 6.61 Å². The van der Waals surface area contributed by atoms with E-state index in [0.717, 1.165) is 23.1 Å². The van der Waals surface area contributed by atoms with E-state index in [1.807, 2.05) is 54.6 Å². The molecule has 0 aliphatic heterocycles. The largest absolute Gasteiger partial charge is 0.390 e. The van der Waals surface area contributed by atoms with Crippen LogP contribution < -0.4 is 0 Å². The smallest absolute Gasteiger partial charge is 0.143 e. The van der Waals surface area contributed by atoms with Crippen LogP contribution in [-0.2, 0) is 10.3 Å². The molecule has 0 saturated heterocycles. The summed E-state index contributed by atoms with van der Waals surface area (Å²) in [6.45, 7) is 0.372. The Morgan fingerprint density at radius 2 is 1.11 bits per heavy atom. The standard InChI is InChI=1S/C25H26O3/c26-23-17-16-19(24(23)27)18-28-25(20-10-4-1-5-11-20,21-12-6-2-7-13-21)22-14-8-3-9-15-22/h1-15,19,23-24,26-27H,16-18H2/t19-,23+,24-/m1/s1. The summed E-state index contributed by atoms with van der Waals surface area (Å²) in [6, 6.07) is 30.6. The van der Waals surface area contributed by atoms with Crippen molar-refractivity contribution in [3.8, 4) is 0 Å². The van der Waals surface area contributed by atoms with Gasteiger partial charge in [-0.05, 0) is 29.5 Å². The number of hydrogen-bond acceptors (Lipinski definition) is 3. The van der Waals surface area contributed by atoms with Gasteiger partial charge in [0, 0.05) is 5.92 Å². The fraction of sp³-hybridized carbons (Fsp3) is 0.280. The zero-order chi connectivity index (χ0) is 19.4. The van der Waals surface area contributed by atoms with Gasteiger partial charge in [-0.1, -0.05) is 91.0 Å². The molecule has 3 atom stereocenters. The van der Waals surface area contributed by atoms with Crippen LogP contribution in [0.25, 0.3) is 0 Å². The lowest BCUT2D eigenvalue weighted by atomic mass is 9.80. The van der Waals surface area contributed by atoms with Gasteiger partial charge in [-0.2, -0.15) is 0 Å². The van der Waals surface area contributed by atoms with Crippen molar-refractivity contribution >= 4 is 0 Å². The summed E-state index contributed by atoms with van der Waals surface area (Å²) in [7, 11) is 0. The molecule has 0 bridgehead atoms. The van der Waals surface area contributed by atoms with Gasteiger partial charge < -0.3 is 14.9 Å². The molecule has 1 aliphatic carbocycles. The number of benzene rings is 3. The van der Waals surface area contributed by atoms with Crippen LogP contribution in [-0.4, -0.2) is 29.0 Å². The number of aliphatic hydroxyl groups excluding tert-OH is 2. The number of hydrogen-bond donors (Lipinski definition) is 2. The van der Waals surface area contributed by atoms with Gasteiger partial charge in [0.2, 0.25) is 0 Å². The van der Waals surface area contributed by atoms with Crippen molar-refractivity contribution in [1.29, 1.82) is 0 Å². The van der Waals surface area contributed by atoms with Gasteiger partial charge in [-0.3, -0.25) is 0 Å². The van der Waals surface area contributed by atoms with E-state index in [0.29, 0.717) is 13.0 Å². The Morgan fingerprint density at radius 3 is 1.46 bits per heavy atom. The van der Waals surface area contributed by atoms with Gasteiger partial charge in [0.15, 0.2) is 0 Å². The van der Waals surface area contributed by atoms with Gasteiger partial charge in [-0.15, -0.1) is 0 Å². The minimum atomic E-state index is -0.781. The maximum atomic E-state index is 10.3. The Balaban J connectivity index is 1.81. The molecule has 0 unspecified atom stereocenters. The molecule has 0 amide bonds. The predicted octanol–water partition coefficient (Wildman–Crippen LogP) is 4.13. The highest BCUT2D eigenvalue weighted by molar-refractivity contribution is 5.47. The second-order valence-electron chi connectivity index (χ2n) is 7.49. The fourth-order valence-corrected chi connectivity index (χ4v) is 4.22. The van der Waals surface area contributed by atoms with Crippen molar-refractivity contribution < 1.29 is 14.9 Å². The normalized spacial score (nSPS) is 22.3. The summed E-state index contributed by atoms with van der Waals surface area (Å²) in [5.41, 5.74) is 2.35. The van der Waals surface area contributed by atoms with E-state index in [1.165, 1.54) is 0 Å². The van der Waals surface area contributed by atoms with Crippen molar-refractivity contribution in [3.63, 3.8) is 0 Å². The van der Waals surface area contributed by atoms with E-state index in [9.17, 15) is 10.2 Å². The van der Waals surface area contributed by atoms with Crippen LogP contribution in [0, 0.1) is 5.92 Å². The van der Waals surface area contributed by atoms with Gasteiger partial charge in [-0.25, -0.2) is 0 Å². The molecule has 2 N–H and O–H groups in total. The van der Waals surface area contributed by atoms with Crippen molar-refractivity contribution in [3.05, 3.63) is 108 Å². The van der Waals surface area contributed by atoms with Crippen LogP contribution in [0.15, 0.2) is 91.0 Å². The van der Waals surface area contributed by atoms with Crippen LogP contribution in [0.1, 0.15) is 29.5 Å². The Kier molecular flexibility index (Phi) is 5.58. The van der Waals surface area contributed by atoms with Gasteiger partial charge in [0.25, 0.3) is 0 Å². The second-order valence-corrected chi connectivity index (χ2v) is 7.49. The second kappa shape index (κ2) is 8.27. The van der Waals surface area contributed by atoms with Crippen molar-refractivity contribution in [2.24, 2.45) is 5.92 Å². The summed E-state index contributed by atoms with van der Waals surface area (Å²) in [6.07, 6.45) is -0.0192. The SMILES string of the molecule is O[C@@H]1[C@@H](COC(c2ccccc2)(c2ccccc2)c2ccccc2)CC[C@@H]1O. The first-order valence-corrected chi connectivity index (χ1v) is 9.88. The van der Waals surface area contributed by atoms with E-state index < -0.39 is 17.8 Å². The average Bonchev–Trinajstić information content (AvgIpc) is 3.09. The Labute approximate surface area is 166 Å². The third kappa shape index (κ3) is 3.49. The molecular formula is C25H26O3. The van der Waals surface area contributed by atoms with E-state index in [4.69, 9.17) is 4.74 Å². The van der Waals surface area contributed by atoms with E-state index in [2.05, 4.69) is 36.4 Å². The highest BCUT2D eigenvalue weighted by Gasteiger charge is 2.40. The quantitative estimate of drug-likeness (QED) is 0.638. The maximum Gasteiger partial charge on any atom is 0.143 e. The average molecular weight is 374 g/mol. The minimum absolute atomic E-state index is 0.0782. The molecule has 3 aromatic carbocycles. The molecule has 1 aliphatic rings. The summed E-state index contributed by atoms with van der Waals surface area (Å²) in [4.78, 5) is 0. The van der Waals surface area contributed by atoms with E-state index >= 15 is 0 Å². The minimum Gasteiger partial charge on any atom is -0.390 e. The highest BCUT2D eigenvalue weighted by Crippen LogP contribution is 2.41. The molecule has 0 heterocycles. The highest BCUT2D eigenvalue weighted by atomic mass is 16.5. The van der Waals surface area contributed by atoms with Crippen LogP contribution >= 0.6 is 0 Å². The molecule has 28 heavy (non-hydrogen) atoms. The monoisotopic (exact) mass is 374 g/mol. The zero-order valence-electron chi connectivity index (χ0n) is 15.8. The van der Waals surface area contributed by atoms with Gasteiger partial charge in [0.1, 0.15) is 5.60 Å². The molecule has 3 aromatic rings. The van der Waals surface area contributed by atoms with Crippen LogP contribution in [0.4, 0.5) is 0 Å². The zero-order valence-corrected chi connectivity index (χ0v) is 15.8. The predicted molar refractivity (Wildman–Crippen MR) is 110 cm³/mol. The maximum absolute atomic E-state index is 10.3. The molecule has 4 rings (SSSR count). The lowest BCUT2D eigenvalue weighted by molar-refractivity contribution is -0.0478. The van der Waals surface area contributed by atoms with Gasteiger partial charge in [0.05, 0.1) is 18.8 Å². The lowest BCUT2D eigenvalue weighted by Gasteiger charge is -2.37. The molecule has 1 saturated carbocycles. The number of rotatable bonds is 6. The Bertz CT molecular complexity index is 767. The first kappa shape index (κ1) is 18.9. The first-order valence-electron chi connectivity index (χ1n) is 9.88. The third-order valence-corrected chi connectivity index (χ3v) is 5.77. The molecular weight excluding hydrogens is 348 g/mol. The summed E-state index contributed by atoms with van der Waals surface area (Å²) in [5.74, 6) is -0.0782. The summed E-state index contributed by atoms with van der Waals surface area (Å²) < 4.78 is 6.72. The third-order valence-electron chi connectivity index (χ3n) is 5.77. The van der Waals surface area contributed by atoms with Crippen molar-refractivity contribution in [1.82, 2.24) is 0 Å². The summed E-state index contributed by atoms with van der Waals surface area (Å²) >= 11 is 0. The van der Waals surface area contributed by atoms with Crippen LogP contribution in [0.5, 0.6) is 0 Å². The lowest BCUT2D eigenvalue weighted by Crippen LogP contribution is -2.37. The molecule has 0 radical (unpaired) electrons. The van der Waals surface area contributed by atoms with Crippen LogP contribution in [0.2, 0.25) is 0 Å². The number of ether oxygens (including phenoxy) is 1. The van der Waals surface area contributed by atoms with Crippen LogP contribution in [0.3, 0.4) is 0 Å². The van der Waals surface area contributed by atoms with Crippen molar-refractivity contribution in [2.45, 2.75) is 30.7 Å². The van der Waals surface area contributed by atoms with Gasteiger partial charge >= 0.3 is 0 Å². The van der Waals surface area contributed by atoms with E-state index in [1.54, 1.807) is 0 Å². The topological polar surface area (TPSA) is 49.7 Å². The Hall–Kier alpha value is -2.46. The molecule has 3 nitrogen and oxygen atoms in total. The van der Waals surface area contributed by atoms with E-state index in [-0.39, 0.29) is 5.92 Å². The molecule has 144 valence electrons. The molecule has 0 aromatic heterocycles. The molecule has 3 heteroatoms. The fourth-order valence-electron chi connectivity index (χ4n) is 4.22.